The van der Waals surface area contributed by atoms with E-state index < -0.39 is 16.0 Å². The van der Waals surface area contributed by atoms with Crippen molar-refractivity contribution in [3.05, 3.63) is 65.2 Å². The summed E-state index contributed by atoms with van der Waals surface area (Å²) in [4.78, 5) is 11.1. The Balaban J connectivity index is 2.07. The molecule has 0 atom stereocenters. The van der Waals surface area contributed by atoms with Gasteiger partial charge in [0, 0.05) is 26.7 Å². The smallest absolute Gasteiger partial charge is 0.335 e. The van der Waals surface area contributed by atoms with E-state index in [1.54, 1.807) is 36.4 Å². The van der Waals surface area contributed by atoms with Gasteiger partial charge in [0.2, 0.25) is 10.0 Å². The summed E-state index contributed by atoms with van der Waals surface area (Å²) in [5.74, 6) is -0.976. The number of nitrogens with one attached hydrogen (secondary N) is 1. The minimum absolute atomic E-state index is 0.0278. The molecule has 2 aromatic rings. The Labute approximate surface area is 152 Å². The maximum atomic E-state index is 12.6. The van der Waals surface area contributed by atoms with Crippen molar-refractivity contribution in [3.63, 3.8) is 0 Å². The molecule has 0 bridgehead atoms. The summed E-state index contributed by atoms with van der Waals surface area (Å²) in [7, 11) is -2.24. The molecule has 7 nitrogen and oxygen atoms in total. The molecule has 2 rings (SSSR count). The molecule has 2 aromatic carbocycles. The molecule has 0 saturated heterocycles. The Hall–Kier alpha value is -2.26. The third kappa shape index (κ3) is 4.89. The van der Waals surface area contributed by atoms with Crippen LogP contribution >= 0.6 is 0 Å². The molecule has 0 heterocycles. The molecule has 0 aliphatic carbocycles. The zero-order valence-corrected chi connectivity index (χ0v) is 15.2. The second kappa shape index (κ2) is 8.91. The van der Waals surface area contributed by atoms with E-state index in [1.165, 1.54) is 19.2 Å². The summed E-state index contributed by atoms with van der Waals surface area (Å²) in [6.07, 6.45) is 0. The van der Waals surface area contributed by atoms with Gasteiger partial charge in [0.25, 0.3) is 0 Å². The Morgan fingerprint density at radius 2 is 1.73 bits per heavy atom. The number of carboxylic acid groups (broad SMARTS) is 1. The molecule has 0 spiro atoms. The monoisotopic (exact) mass is 378 g/mol. The van der Waals surface area contributed by atoms with Crippen LogP contribution in [0.4, 0.5) is 0 Å². The lowest BCUT2D eigenvalue weighted by atomic mass is 10.1. The lowest BCUT2D eigenvalue weighted by Crippen LogP contribution is -2.30. The molecule has 140 valence electrons. The maximum absolute atomic E-state index is 12.6. The Morgan fingerprint density at radius 1 is 1.08 bits per heavy atom. The zero-order valence-electron chi connectivity index (χ0n) is 14.4. The Bertz CT molecular complexity index is 850. The third-order valence-corrected chi connectivity index (χ3v) is 5.88. The number of carbonyl (C=O) groups is 1. The van der Waals surface area contributed by atoms with Gasteiger partial charge in [-0.25, -0.2) is 13.2 Å². The third-order valence-electron chi connectivity index (χ3n) is 3.92. The van der Waals surface area contributed by atoms with E-state index in [4.69, 9.17) is 10.2 Å². The first-order valence-corrected chi connectivity index (χ1v) is 9.48. The minimum Gasteiger partial charge on any atom is -0.478 e. The molecule has 0 radical (unpaired) electrons. The summed E-state index contributed by atoms with van der Waals surface area (Å²) in [6.45, 7) is 0.590. The van der Waals surface area contributed by atoms with Crippen molar-refractivity contribution in [2.45, 2.75) is 18.0 Å². The summed E-state index contributed by atoms with van der Waals surface area (Å²) in [6, 6.07) is 13.2. The zero-order chi connectivity index (χ0) is 19.2. The van der Waals surface area contributed by atoms with Crippen LogP contribution in [0.5, 0.6) is 0 Å². The van der Waals surface area contributed by atoms with Gasteiger partial charge in [-0.2, -0.15) is 4.31 Å². The van der Waals surface area contributed by atoms with Gasteiger partial charge in [-0.05, 0) is 29.3 Å². The molecule has 0 aliphatic rings. The summed E-state index contributed by atoms with van der Waals surface area (Å²) in [5.41, 5.74) is 1.74. The average Bonchev–Trinajstić information content (AvgIpc) is 2.62. The van der Waals surface area contributed by atoms with Gasteiger partial charge in [-0.1, -0.05) is 30.3 Å². The quantitative estimate of drug-likeness (QED) is 0.607. The molecule has 26 heavy (non-hydrogen) atoms. The fraction of sp³-hybridized carbons (Fsp3) is 0.278. The van der Waals surface area contributed by atoms with Gasteiger partial charge in [0.1, 0.15) is 0 Å². The van der Waals surface area contributed by atoms with Crippen molar-refractivity contribution >= 4 is 16.0 Å². The average molecular weight is 378 g/mol. The number of benzene rings is 2. The second-order valence-corrected chi connectivity index (χ2v) is 7.78. The number of aliphatic hydroxyl groups excluding tert-OH is 1. The summed E-state index contributed by atoms with van der Waals surface area (Å²) >= 11 is 0. The van der Waals surface area contributed by atoms with Crippen LogP contribution in [0, 0.1) is 0 Å². The first-order valence-electron chi connectivity index (χ1n) is 8.04. The molecule has 0 fully saturated rings. The predicted octanol–water partition coefficient (Wildman–Crippen LogP) is 1.29. The van der Waals surface area contributed by atoms with E-state index in [0.29, 0.717) is 18.7 Å². The summed E-state index contributed by atoms with van der Waals surface area (Å²) < 4.78 is 26.3. The van der Waals surface area contributed by atoms with E-state index >= 15 is 0 Å². The lowest BCUT2D eigenvalue weighted by Gasteiger charge is -2.18. The van der Waals surface area contributed by atoms with Crippen LogP contribution in [0.15, 0.2) is 53.4 Å². The first kappa shape index (κ1) is 20.1. The second-order valence-electron chi connectivity index (χ2n) is 5.76. The van der Waals surface area contributed by atoms with Gasteiger partial charge < -0.3 is 15.5 Å². The van der Waals surface area contributed by atoms with Gasteiger partial charge in [-0.3, -0.25) is 0 Å². The van der Waals surface area contributed by atoms with Crippen molar-refractivity contribution in [2.75, 3.05) is 20.2 Å². The molecule has 3 N–H and O–H groups in total. The number of aliphatic hydroxyl groups is 1. The standard InChI is InChI=1S/C18H22N2O5S/c1-20(10-11-21)26(24,25)17-5-3-2-4-16(17)13-19-12-14-6-8-15(9-7-14)18(22)23/h2-9,19,21H,10-13H2,1H3,(H,22,23). The van der Waals surface area contributed by atoms with E-state index in [2.05, 4.69) is 5.32 Å². The highest BCUT2D eigenvalue weighted by Gasteiger charge is 2.22. The molecular weight excluding hydrogens is 356 g/mol. The van der Waals surface area contributed by atoms with Gasteiger partial charge in [0.05, 0.1) is 17.1 Å². The number of sulfonamides is 1. The highest BCUT2D eigenvalue weighted by Crippen LogP contribution is 2.19. The van der Waals surface area contributed by atoms with E-state index in [9.17, 15) is 13.2 Å². The molecular formula is C18H22N2O5S. The molecule has 0 aliphatic heterocycles. The van der Waals surface area contributed by atoms with Crippen molar-refractivity contribution in [1.82, 2.24) is 9.62 Å². The Kier molecular flexibility index (Phi) is 6.87. The van der Waals surface area contributed by atoms with Gasteiger partial charge >= 0.3 is 5.97 Å². The SMILES string of the molecule is CN(CCO)S(=O)(=O)c1ccccc1CNCc1ccc(C(=O)O)cc1. The highest BCUT2D eigenvalue weighted by molar-refractivity contribution is 7.89. The maximum Gasteiger partial charge on any atom is 0.335 e. The topological polar surface area (TPSA) is 107 Å². The normalized spacial score (nSPS) is 11.7. The first-order chi connectivity index (χ1) is 12.4. The molecule has 0 saturated carbocycles. The fourth-order valence-corrected chi connectivity index (χ4v) is 3.82. The number of nitrogens with zero attached hydrogens (tertiary/aromatic N) is 1. The van der Waals surface area contributed by atoms with Crippen LogP contribution < -0.4 is 5.32 Å². The number of hydrogen-bond acceptors (Lipinski definition) is 5. The number of aromatic carboxylic acids is 1. The van der Waals surface area contributed by atoms with Crippen LogP contribution in [-0.2, 0) is 23.1 Å². The van der Waals surface area contributed by atoms with Crippen LogP contribution in [0.1, 0.15) is 21.5 Å². The van der Waals surface area contributed by atoms with Crippen LogP contribution in [-0.4, -0.2) is 49.1 Å². The lowest BCUT2D eigenvalue weighted by molar-refractivity contribution is 0.0697. The highest BCUT2D eigenvalue weighted by atomic mass is 32.2. The van der Waals surface area contributed by atoms with E-state index in [0.717, 1.165) is 9.87 Å². The molecule has 8 heteroatoms. The van der Waals surface area contributed by atoms with Crippen molar-refractivity contribution < 1.29 is 23.4 Å². The van der Waals surface area contributed by atoms with Crippen LogP contribution in [0.3, 0.4) is 0 Å². The molecule has 0 amide bonds. The van der Waals surface area contributed by atoms with E-state index in [1.807, 2.05) is 0 Å². The van der Waals surface area contributed by atoms with Gasteiger partial charge in [-0.15, -0.1) is 0 Å². The van der Waals surface area contributed by atoms with Crippen LogP contribution in [0.25, 0.3) is 0 Å². The molecule has 0 aromatic heterocycles. The fourth-order valence-electron chi connectivity index (χ4n) is 2.44. The van der Waals surface area contributed by atoms with Gasteiger partial charge in [0.15, 0.2) is 0 Å². The molecule has 0 unspecified atom stereocenters. The van der Waals surface area contributed by atoms with Crippen molar-refractivity contribution in [3.8, 4) is 0 Å². The van der Waals surface area contributed by atoms with Crippen LogP contribution in [0.2, 0.25) is 0 Å². The largest absolute Gasteiger partial charge is 0.478 e. The minimum atomic E-state index is -3.67. The number of carboxylic acids is 1. The van der Waals surface area contributed by atoms with Crippen molar-refractivity contribution in [2.24, 2.45) is 0 Å². The number of rotatable bonds is 9. The van der Waals surface area contributed by atoms with E-state index in [-0.39, 0.29) is 23.6 Å². The summed E-state index contributed by atoms with van der Waals surface area (Å²) in [5, 5.41) is 21.1. The number of hydrogen-bond donors (Lipinski definition) is 3. The predicted molar refractivity (Wildman–Crippen MR) is 97.3 cm³/mol. The number of likely N-dealkylation sites (N-methyl/N-ethyl adjacent to an activating group) is 1. The Morgan fingerprint density at radius 3 is 2.35 bits per heavy atom. The van der Waals surface area contributed by atoms with Crippen molar-refractivity contribution in [1.29, 1.82) is 0 Å².